The van der Waals surface area contributed by atoms with Gasteiger partial charge in [-0.2, -0.15) is 5.10 Å². The molecule has 0 bridgehead atoms. The summed E-state index contributed by atoms with van der Waals surface area (Å²) in [6.45, 7) is 0.936. The fourth-order valence-electron chi connectivity index (χ4n) is 4.08. The Morgan fingerprint density at radius 1 is 1.21 bits per heavy atom. The Bertz CT molecular complexity index is 1230. The molecule has 3 aromatic heterocycles. The fraction of sp³-hybridized carbons (Fsp3) is 0.250. The third-order valence-electron chi connectivity index (χ3n) is 5.43. The van der Waals surface area contributed by atoms with Crippen molar-refractivity contribution in [1.82, 2.24) is 19.5 Å². The molecule has 4 aromatic rings. The number of benzene rings is 1. The number of aromatic amines is 1. The van der Waals surface area contributed by atoms with E-state index in [1.54, 1.807) is 17.4 Å². The first-order valence-corrected chi connectivity index (χ1v) is 10.1. The van der Waals surface area contributed by atoms with Crippen molar-refractivity contribution in [3.8, 4) is 10.4 Å². The average molecular weight is 394 g/mol. The molecular weight excluding hydrogens is 376 g/mol. The summed E-state index contributed by atoms with van der Waals surface area (Å²) in [6.07, 6.45) is 0.470. The van der Waals surface area contributed by atoms with Gasteiger partial charge in [-0.25, -0.2) is 9.31 Å². The fourth-order valence-corrected chi connectivity index (χ4v) is 4.84. The quantitative estimate of drug-likeness (QED) is 0.542. The molecular formula is C20H18N4O3S. The smallest absolute Gasteiger partial charge is 0.407 e. The van der Waals surface area contributed by atoms with Crippen LogP contribution in [0.15, 0.2) is 46.6 Å². The molecule has 1 aliphatic heterocycles. The monoisotopic (exact) mass is 394 g/mol. The zero-order chi connectivity index (χ0) is 19.3. The second-order valence-electron chi connectivity index (χ2n) is 7.04. The number of hydrogen-bond donors (Lipinski definition) is 2. The molecule has 0 radical (unpaired) electrons. The van der Waals surface area contributed by atoms with Crippen molar-refractivity contribution >= 4 is 34.0 Å². The van der Waals surface area contributed by atoms with Crippen LogP contribution < -0.4 is 5.56 Å². The van der Waals surface area contributed by atoms with Gasteiger partial charge >= 0.3 is 6.09 Å². The van der Waals surface area contributed by atoms with Crippen LogP contribution >= 0.6 is 11.3 Å². The number of H-pyrrole nitrogens is 1. The van der Waals surface area contributed by atoms with Crippen LogP contribution in [0.25, 0.3) is 27.0 Å². The first-order chi connectivity index (χ1) is 13.6. The Hall–Kier alpha value is -3.13. The number of amides is 1. The van der Waals surface area contributed by atoms with Crippen LogP contribution in [-0.2, 0) is 0 Å². The van der Waals surface area contributed by atoms with Crippen LogP contribution in [0.2, 0.25) is 0 Å². The molecule has 4 heterocycles. The van der Waals surface area contributed by atoms with Crippen molar-refractivity contribution in [2.75, 3.05) is 13.1 Å². The Balaban J connectivity index is 1.68. The molecule has 2 N–H and O–H groups in total. The van der Waals surface area contributed by atoms with Crippen LogP contribution in [-0.4, -0.2) is 43.8 Å². The zero-order valence-corrected chi connectivity index (χ0v) is 15.8. The maximum absolute atomic E-state index is 12.5. The van der Waals surface area contributed by atoms with Gasteiger partial charge in [-0.15, -0.1) is 11.3 Å². The summed E-state index contributed by atoms with van der Waals surface area (Å²) in [5.74, 6) is 0.0971. The summed E-state index contributed by atoms with van der Waals surface area (Å²) in [4.78, 5) is 29.2. The van der Waals surface area contributed by atoms with Crippen molar-refractivity contribution in [2.24, 2.45) is 0 Å². The van der Waals surface area contributed by atoms with Crippen LogP contribution in [0.5, 0.6) is 0 Å². The second-order valence-corrected chi connectivity index (χ2v) is 7.99. The van der Waals surface area contributed by atoms with E-state index in [9.17, 15) is 14.7 Å². The van der Waals surface area contributed by atoms with Gasteiger partial charge in [0.15, 0.2) is 0 Å². The van der Waals surface area contributed by atoms with Gasteiger partial charge in [-0.1, -0.05) is 18.2 Å². The number of carboxylic acid groups (broad SMARTS) is 1. The first kappa shape index (κ1) is 17.0. The van der Waals surface area contributed by atoms with Crippen molar-refractivity contribution in [2.45, 2.75) is 18.8 Å². The Morgan fingerprint density at radius 3 is 2.75 bits per heavy atom. The summed E-state index contributed by atoms with van der Waals surface area (Å²) in [5.41, 5.74) is 3.26. The Kier molecular flexibility index (Phi) is 3.94. The minimum atomic E-state index is -0.889. The van der Waals surface area contributed by atoms with E-state index in [2.05, 4.69) is 11.1 Å². The van der Waals surface area contributed by atoms with Gasteiger partial charge in [0.2, 0.25) is 0 Å². The molecule has 0 aliphatic carbocycles. The number of hydrogen-bond acceptors (Lipinski definition) is 4. The number of carbonyl (C=O) groups is 1. The molecule has 142 valence electrons. The molecule has 0 spiro atoms. The van der Waals surface area contributed by atoms with Crippen molar-refractivity contribution in [3.63, 3.8) is 0 Å². The number of thiophene rings is 1. The van der Waals surface area contributed by atoms with Gasteiger partial charge in [0.1, 0.15) is 5.65 Å². The van der Waals surface area contributed by atoms with Crippen LogP contribution in [0.3, 0.4) is 0 Å². The maximum Gasteiger partial charge on any atom is 0.407 e. The summed E-state index contributed by atoms with van der Waals surface area (Å²) in [5, 5.41) is 16.9. The molecule has 1 aromatic carbocycles. The van der Waals surface area contributed by atoms with Crippen LogP contribution in [0.1, 0.15) is 24.5 Å². The standard InChI is InChI=1S/C20H18N4O3S/c25-17-11-15(12-6-8-23(9-7-12)20(26)27)24-19(21-17)18-13(16-5-2-10-28-16)3-1-4-14(18)22-24/h1-5,10-12H,6-9H2,(H,21,25)(H,26,27). The van der Waals surface area contributed by atoms with Gasteiger partial charge < -0.3 is 15.0 Å². The highest BCUT2D eigenvalue weighted by molar-refractivity contribution is 7.13. The Morgan fingerprint density at radius 2 is 2.04 bits per heavy atom. The normalized spacial score (nSPS) is 15.5. The number of nitrogens with zero attached hydrogens (tertiary/aromatic N) is 3. The van der Waals surface area contributed by atoms with Crippen LogP contribution in [0.4, 0.5) is 4.79 Å². The number of aromatic nitrogens is 3. The summed E-state index contributed by atoms with van der Waals surface area (Å²) >= 11 is 1.65. The van der Waals surface area contributed by atoms with Crippen LogP contribution in [0, 0.1) is 0 Å². The van der Waals surface area contributed by atoms with E-state index in [1.807, 2.05) is 34.2 Å². The SMILES string of the molecule is O=C(O)N1CCC(c2cc(=O)[nH]c3c4c(-c5cccs5)cccc4nn23)CC1. The third-order valence-corrected chi connectivity index (χ3v) is 6.34. The van der Waals surface area contributed by atoms with Gasteiger partial charge in [0, 0.05) is 35.5 Å². The number of fused-ring (bicyclic) bond motifs is 3. The molecule has 7 nitrogen and oxygen atoms in total. The second kappa shape index (κ2) is 6.49. The Labute approximate surface area is 163 Å². The van der Waals surface area contributed by atoms with Gasteiger partial charge in [-0.05, 0) is 30.4 Å². The van der Waals surface area contributed by atoms with Gasteiger partial charge in [0.05, 0.1) is 16.6 Å². The molecule has 5 rings (SSSR count). The van der Waals surface area contributed by atoms with Crippen molar-refractivity contribution in [3.05, 3.63) is 57.8 Å². The topological polar surface area (TPSA) is 90.7 Å². The minimum absolute atomic E-state index is 0.0971. The number of nitrogens with one attached hydrogen (secondary N) is 1. The lowest BCUT2D eigenvalue weighted by Crippen LogP contribution is -2.37. The summed E-state index contributed by atoms with van der Waals surface area (Å²) in [6, 6.07) is 11.7. The molecule has 8 heteroatoms. The maximum atomic E-state index is 12.5. The van der Waals surface area contributed by atoms with E-state index in [0.29, 0.717) is 31.6 Å². The number of piperidine rings is 1. The predicted octanol–water partition coefficient (Wildman–Crippen LogP) is 3.76. The largest absolute Gasteiger partial charge is 0.465 e. The molecule has 0 unspecified atom stereocenters. The number of likely N-dealkylation sites (tertiary alicyclic amines) is 1. The molecule has 1 aliphatic rings. The summed E-state index contributed by atoms with van der Waals surface area (Å²) in [7, 11) is 0. The molecule has 1 saturated heterocycles. The first-order valence-electron chi connectivity index (χ1n) is 9.18. The summed E-state index contributed by atoms with van der Waals surface area (Å²) < 4.78 is 1.84. The zero-order valence-electron chi connectivity index (χ0n) is 15.0. The molecule has 28 heavy (non-hydrogen) atoms. The predicted molar refractivity (Wildman–Crippen MR) is 108 cm³/mol. The van der Waals surface area contributed by atoms with E-state index >= 15 is 0 Å². The lowest BCUT2D eigenvalue weighted by atomic mass is 9.93. The molecule has 0 atom stereocenters. The van der Waals surface area contributed by atoms with Crippen molar-refractivity contribution in [1.29, 1.82) is 0 Å². The van der Waals surface area contributed by atoms with E-state index in [1.165, 1.54) is 4.90 Å². The van der Waals surface area contributed by atoms with E-state index in [4.69, 9.17) is 5.10 Å². The molecule has 0 saturated carbocycles. The van der Waals surface area contributed by atoms with E-state index in [0.717, 1.165) is 27.0 Å². The van der Waals surface area contributed by atoms with Crippen molar-refractivity contribution < 1.29 is 9.90 Å². The lowest BCUT2D eigenvalue weighted by molar-refractivity contribution is 0.131. The molecule has 1 amide bonds. The third kappa shape index (κ3) is 2.68. The van der Waals surface area contributed by atoms with Gasteiger partial charge in [0.25, 0.3) is 5.56 Å². The molecule has 1 fully saturated rings. The highest BCUT2D eigenvalue weighted by Gasteiger charge is 2.26. The van der Waals surface area contributed by atoms with Gasteiger partial charge in [-0.3, -0.25) is 4.79 Å². The minimum Gasteiger partial charge on any atom is -0.465 e. The van der Waals surface area contributed by atoms with E-state index in [-0.39, 0.29) is 11.5 Å². The number of rotatable bonds is 2. The van der Waals surface area contributed by atoms with E-state index < -0.39 is 6.09 Å². The average Bonchev–Trinajstić information content (AvgIpc) is 3.35. The highest BCUT2D eigenvalue weighted by atomic mass is 32.1. The lowest BCUT2D eigenvalue weighted by Gasteiger charge is -2.30. The highest BCUT2D eigenvalue weighted by Crippen LogP contribution is 2.35.